The molecule has 5 rings (SSSR count). The highest BCUT2D eigenvalue weighted by Crippen LogP contribution is 2.48. The van der Waals surface area contributed by atoms with Crippen molar-refractivity contribution in [3.05, 3.63) is 35.4 Å². The molecular formula is C26H39FN2. The maximum atomic E-state index is 13.3. The summed E-state index contributed by atoms with van der Waals surface area (Å²) in [6.45, 7) is 3.85. The van der Waals surface area contributed by atoms with Gasteiger partial charge in [-0.05, 0) is 81.0 Å². The molecule has 2 nitrogen and oxygen atoms in total. The van der Waals surface area contributed by atoms with Crippen LogP contribution < -0.4 is 0 Å². The molecule has 1 unspecified atom stereocenters. The fourth-order valence-corrected chi connectivity index (χ4v) is 7.03. The molecule has 0 aromatic heterocycles. The van der Waals surface area contributed by atoms with Gasteiger partial charge in [-0.2, -0.15) is 0 Å². The van der Waals surface area contributed by atoms with Gasteiger partial charge in [0.2, 0.25) is 0 Å². The highest BCUT2D eigenvalue weighted by Gasteiger charge is 2.49. The van der Waals surface area contributed by atoms with E-state index in [1.54, 1.807) is 11.1 Å². The largest absolute Gasteiger partial charge is 0.300 e. The topological polar surface area (TPSA) is 6.48 Å². The monoisotopic (exact) mass is 398 g/mol. The Balaban J connectivity index is 1.15. The van der Waals surface area contributed by atoms with Crippen LogP contribution in [-0.4, -0.2) is 42.2 Å². The lowest BCUT2D eigenvalue weighted by atomic mass is 9.79. The lowest BCUT2D eigenvalue weighted by Crippen LogP contribution is -2.51. The molecule has 29 heavy (non-hydrogen) atoms. The summed E-state index contributed by atoms with van der Waals surface area (Å²) in [7, 11) is 0. The molecule has 2 aliphatic heterocycles. The number of likely N-dealkylation sites (tertiary alicyclic amines) is 1. The highest BCUT2D eigenvalue weighted by atomic mass is 19.2. The third-order valence-corrected chi connectivity index (χ3v) is 8.78. The second-order valence-electron chi connectivity index (χ2n) is 10.7. The van der Waals surface area contributed by atoms with Gasteiger partial charge in [-0.1, -0.05) is 56.4 Å². The summed E-state index contributed by atoms with van der Waals surface area (Å²) in [5.41, 5.74) is 3.61. The molecule has 2 heterocycles. The zero-order chi connectivity index (χ0) is 19.7. The van der Waals surface area contributed by atoms with Crippen LogP contribution in [0.1, 0.15) is 87.7 Å². The summed E-state index contributed by atoms with van der Waals surface area (Å²) >= 11 is 0. The smallest absolute Gasteiger partial charge is 0.0361 e. The first-order chi connectivity index (χ1) is 14.2. The third-order valence-electron chi connectivity index (χ3n) is 8.78. The van der Waals surface area contributed by atoms with Crippen LogP contribution in [0.15, 0.2) is 24.3 Å². The fourth-order valence-electron chi connectivity index (χ4n) is 7.03. The number of hydrogen-bond donors (Lipinski definition) is 0. The Kier molecular flexibility index (Phi) is 5.98. The normalized spacial score (nSPS) is 29.3. The standard InChI is InChI=1S/C26H39FN2/c27-29-19-26(20-29)15-12-24(18-26)28-16-13-23(14-17-28)25-9-5-4-8-22(25)11-10-21-6-2-1-3-7-21/h4-5,8-9,21,23-24H,1-3,6-7,10-20H2. The van der Waals surface area contributed by atoms with Crippen LogP contribution in [-0.2, 0) is 6.42 Å². The SMILES string of the molecule is FN1CC2(CCC(N3CCC(c4ccccc4CCC4CCCCC4)CC3)C2)C1. The summed E-state index contributed by atoms with van der Waals surface area (Å²) in [4.78, 5) is 2.75. The van der Waals surface area contributed by atoms with Crippen molar-refractivity contribution in [2.75, 3.05) is 26.2 Å². The van der Waals surface area contributed by atoms with Crippen molar-refractivity contribution in [1.82, 2.24) is 10.0 Å². The van der Waals surface area contributed by atoms with E-state index in [9.17, 15) is 4.48 Å². The minimum atomic E-state index is 0.321. The molecule has 160 valence electrons. The lowest BCUT2D eigenvalue weighted by Gasteiger charge is -2.44. The van der Waals surface area contributed by atoms with Crippen molar-refractivity contribution in [3.8, 4) is 0 Å². The molecule has 1 atom stereocenters. The molecule has 1 spiro atoms. The van der Waals surface area contributed by atoms with E-state index in [4.69, 9.17) is 0 Å². The minimum absolute atomic E-state index is 0.321. The summed E-state index contributed by atoms with van der Waals surface area (Å²) in [6.07, 6.45) is 16.3. The Hall–Kier alpha value is -0.930. The maximum Gasteiger partial charge on any atom is 0.0361 e. The Labute approximate surface area is 176 Å². The van der Waals surface area contributed by atoms with Crippen molar-refractivity contribution in [1.29, 1.82) is 0 Å². The molecule has 3 heteroatoms. The second kappa shape index (κ2) is 8.67. The first-order valence-electron chi connectivity index (χ1n) is 12.4. The van der Waals surface area contributed by atoms with Crippen LogP contribution in [0.5, 0.6) is 0 Å². The summed E-state index contributed by atoms with van der Waals surface area (Å²) < 4.78 is 13.3. The van der Waals surface area contributed by atoms with Gasteiger partial charge in [-0.25, -0.2) is 0 Å². The van der Waals surface area contributed by atoms with Crippen molar-refractivity contribution in [3.63, 3.8) is 0 Å². The van der Waals surface area contributed by atoms with Gasteiger partial charge in [-0.15, -0.1) is 9.60 Å². The zero-order valence-electron chi connectivity index (χ0n) is 18.1. The number of benzene rings is 1. The van der Waals surface area contributed by atoms with E-state index in [1.807, 2.05) is 0 Å². The van der Waals surface area contributed by atoms with Crippen LogP contribution >= 0.6 is 0 Å². The van der Waals surface area contributed by atoms with E-state index in [0.29, 0.717) is 24.5 Å². The third kappa shape index (κ3) is 4.42. The second-order valence-corrected chi connectivity index (χ2v) is 10.7. The molecule has 0 bridgehead atoms. The van der Waals surface area contributed by atoms with Crippen LogP contribution in [0.25, 0.3) is 0 Å². The van der Waals surface area contributed by atoms with Gasteiger partial charge in [0.1, 0.15) is 0 Å². The van der Waals surface area contributed by atoms with Crippen molar-refractivity contribution < 1.29 is 4.48 Å². The van der Waals surface area contributed by atoms with E-state index in [0.717, 1.165) is 17.0 Å². The van der Waals surface area contributed by atoms with E-state index < -0.39 is 0 Å². The molecule has 4 aliphatic rings. The molecule has 0 amide bonds. The molecule has 0 N–H and O–H groups in total. The van der Waals surface area contributed by atoms with E-state index >= 15 is 0 Å². The number of hydrogen-bond acceptors (Lipinski definition) is 2. The van der Waals surface area contributed by atoms with Crippen molar-refractivity contribution in [2.24, 2.45) is 11.3 Å². The minimum Gasteiger partial charge on any atom is -0.300 e. The molecule has 2 aliphatic carbocycles. The predicted octanol–water partition coefficient (Wildman–Crippen LogP) is 6.12. The summed E-state index contributed by atoms with van der Waals surface area (Å²) in [5.74, 6) is 1.72. The van der Waals surface area contributed by atoms with Crippen molar-refractivity contribution in [2.45, 2.75) is 89.0 Å². The Morgan fingerprint density at radius 1 is 0.931 bits per heavy atom. The number of aryl methyl sites for hydroxylation is 1. The Morgan fingerprint density at radius 2 is 1.69 bits per heavy atom. The van der Waals surface area contributed by atoms with Gasteiger partial charge >= 0.3 is 0 Å². The van der Waals surface area contributed by atoms with Gasteiger partial charge in [0, 0.05) is 24.5 Å². The first-order valence-corrected chi connectivity index (χ1v) is 12.4. The summed E-state index contributed by atoms with van der Waals surface area (Å²) in [6, 6.07) is 10.0. The average Bonchev–Trinajstić information content (AvgIpc) is 3.18. The predicted molar refractivity (Wildman–Crippen MR) is 118 cm³/mol. The quantitative estimate of drug-likeness (QED) is 0.552. The van der Waals surface area contributed by atoms with Gasteiger partial charge in [0.05, 0.1) is 0 Å². The van der Waals surface area contributed by atoms with E-state index in [-0.39, 0.29) is 0 Å². The van der Waals surface area contributed by atoms with Crippen LogP contribution in [0, 0.1) is 11.3 Å². The molecule has 0 radical (unpaired) electrons. The number of halogens is 1. The number of nitrogens with zero attached hydrogens (tertiary/aromatic N) is 2. The zero-order valence-corrected chi connectivity index (χ0v) is 18.1. The lowest BCUT2D eigenvalue weighted by molar-refractivity contribution is -0.132. The Morgan fingerprint density at radius 3 is 2.45 bits per heavy atom. The van der Waals surface area contributed by atoms with Crippen LogP contribution in [0.3, 0.4) is 0 Å². The van der Waals surface area contributed by atoms with Gasteiger partial charge in [0.25, 0.3) is 0 Å². The van der Waals surface area contributed by atoms with E-state index in [2.05, 4.69) is 29.2 Å². The van der Waals surface area contributed by atoms with Crippen molar-refractivity contribution >= 4 is 0 Å². The number of rotatable bonds is 5. The average molecular weight is 399 g/mol. The van der Waals surface area contributed by atoms with Gasteiger partial charge in [-0.3, -0.25) is 0 Å². The fraction of sp³-hybridized carbons (Fsp3) is 0.769. The molecule has 1 aromatic carbocycles. The highest BCUT2D eigenvalue weighted by molar-refractivity contribution is 5.31. The van der Waals surface area contributed by atoms with E-state index in [1.165, 1.54) is 90.1 Å². The molecular weight excluding hydrogens is 359 g/mol. The molecule has 4 fully saturated rings. The van der Waals surface area contributed by atoms with Gasteiger partial charge < -0.3 is 4.90 Å². The molecule has 2 saturated heterocycles. The maximum absolute atomic E-state index is 13.3. The first kappa shape index (κ1) is 20.0. The number of piperidine rings is 1. The van der Waals surface area contributed by atoms with Gasteiger partial charge in [0.15, 0.2) is 0 Å². The van der Waals surface area contributed by atoms with Crippen LogP contribution in [0.4, 0.5) is 4.48 Å². The molecule has 1 aromatic rings. The van der Waals surface area contributed by atoms with Crippen LogP contribution in [0.2, 0.25) is 0 Å². The Bertz CT molecular complexity index is 669. The molecule has 2 saturated carbocycles. The summed E-state index contributed by atoms with van der Waals surface area (Å²) in [5, 5.41) is 1.01.